The van der Waals surface area contributed by atoms with Crippen LogP contribution in [0.15, 0.2) is 72.8 Å². The molecule has 0 aromatic heterocycles. The number of hydrogen-bond donors (Lipinski definition) is 6. The summed E-state index contributed by atoms with van der Waals surface area (Å²) in [4.78, 5) is 27.4. The first kappa shape index (κ1) is 26.6. The van der Waals surface area contributed by atoms with Crippen LogP contribution in [-0.4, -0.2) is 45.1 Å². The minimum Gasteiger partial charge on any atom is -0.508 e. The van der Waals surface area contributed by atoms with E-state index in [1.54, 1.807) is 48.5 Å². The molecule has 0 saturated carbocycles. The molecule has 204 valence electrons. The van der Waals surface area contributed by atoms with Gasteiger partial charge in [-0.25, -0.2) is 0 Å². The molecule has 0 spiro atoms. The standard InChI is InChI=1S/C32H30N2O6/c1-17(21-9-7-19(35)13-27(21)37)15-33-25-11-12-26(34-16-18(2)22-10-8-20(36)14-28(22)38)30-29(25)31(39)23-5-3-4-6-24(23)32(30)40/h3-14,17-18,33-38H,15-16H2,1-2H3. The molecule has 8 heteroatoms. The number of nitrogens with one attached hydrogen (secondary N) is 2. The lowest BCUT2D eigenvalue weighted by Gasteiger charge is -2.25. The minimum absolute atomic E-state index is 0.0233. The van der Waals surface area contributed by atoms with Gasteiger partial charge in [-0.15, -0.1) is 0 Å². The Morgan fingerprint density at radius 3 is 1.38 bits per heavy atom. The maximum absolute atomic E-state index is 13.7. The van der Waals surface area contributed by atoms with Crippen molar-refractivity contribution in [3.8, 4) is 23.0 Å². The molecule has 4 aromatic rings. The summed E-state index contributed by atoms with van der Waals surface area (Å²) >= 11 is 0. The smallest absolute Gasteiger partial charge is 0.196 e. The predicted molar refractivity (Wildman–Crippen MR) is 153 cm³/mol. The van der Waals surface area contributed by atoms with Gasteiger partial charge in [0.25, 0.3) is 0 Å². The number of carbonyl (C=O) groups excluding carboxylic acids is 2. The van der Waals surface area contributed by atoms with Crippen LogP contribution in [0.4, 0.5) is 11.4 Å². The summed E-state index contributed by atoms with van der Waals surface area (Å²) in [7, 11) is 0. The van der Waals surface area contributed by atoms with E-state index < -0.39 is 0 Å². The molecule has 40 heavy (non-hydrogen) atoms. The van der Waals surface area contributed by atoms with Crippen LogP contribution in [0.5, 0.6) is 23.0 Å². The fraction of sp³-hybridized carbons (Fsp3) is 0.188. The Balaban J connectivity index is 1.47. The second-order valence-electron chi connectivity index (χ2n) is 10.2. The number of rotatable bonds is 8. The summed E-state index contributed by atoms with van der Waals surface area (Å²) in [6.07, 6.45) is 0. The first-order valence-corrected chi connectivity index (χ1v) is 13.0. The van der Waals surface area contributed by atoms with Crippen LogP contribution in [0.1, 0.15) is 68.7 Å². The van der Waals surface area contributed by atoms with E-state index in [0.29, 0.717) is 46.7 Å². The van der Waals surface area contributed by atoms with Gasteiger partial charge in [-0.05, 0) is 35.4 Å². The second kappa shape index (κ2) is 10.6. The third-order valence-corrected chi connectivity index (χ3v) is 7.36. The topological polar surface area (TPSA) is 139 Å². The molecule has 0 radical (unpaired) electrons. The Morgan fingerprint density at radius 1 is 0.600 bits per heavy atom. The van der Waals surface area contributed by atoms with Crippen LogP contribution in [0.3, 0.4) is 0 Å². The molecule has 8 nitrogen and oxygen atoms in total. The lowest BCUT2D eigenvalue weighted by molar-refractivity contribution is 0.0980. The van der Waals surface area contributed by atoms with Gasteiger partial charge in [0.05, 0.1) is 11.1 Å². The van der Waals surface area contributed by atoms with Gasteiger partial charge >= 0.3 is 0 Å². The number of ketones is 2. The molecule has 1 aliphatic carbocycles. The zero-order valence-electron chi connectivity index (χ0n) is 22.1. The van der Waals surface area contributed by atoms with Crippen molar-refractivity contribution in [3.63, 3.8) is 0 Å². The van der Waals surface area contributed by atoms with Crippen LogP contribution in [-0.2, 0) is 0 Å². The Bertz CT molecular complexity index is 1510. The summed E-state index contributed by atoms with van der Waals surface area (Å²) in [5, 5.41) is 46.4. The van der Waals surface area contributed by atoms with Gasteiger partial charge < -0.3 is 31.1 Å². The lowest BCUT2D eigenvalue weighted by atomic mass is 9.82. The molecular formula is C32H30N2O6. The van der Waals surface area contributed by atoms with Gasteiger partial charge in [0, 0.05) is 59.6 Å². The van der Waals surface area contributed by atoms with Crippen LogP contribution in [0.2, 0.25) is 0 Å². The monoisotopic (exact) mass is 538 g/mol. The van der Waals surface area contributed by atoms with Crippen molar-refractivity contribution in [1.29, 1.82) is 0 Å². The van der Waals surface area contributed by atoms with E-state index in [2.05, 4.69) is 10.6 Å². The molecule has 1 aliphatic rings. The highest BCUT2D eigenvalue weighted by molar-refractivity contribution is 6.31. The number of phenolic OH excluding ortho intramolecular Hbond substituents is 4. The maximum Gasteiger partial charge on any atom is 0.196 e. The van der Waals surface area contributed by atoms with E-state index in [4.69, 9.17) is 0 Å². The summed E-state index contributed by atoms with van der Waals surface area (Å²) < 4.78 is 0. The fourth-order valence-electron chi connectivity index (χ4n) is 5.16. The van der Waals surface area contributed by atoms with Gasteiger partial charge in [-0.2, -0.15) is 0 Å². The van der Waals surface area contributed by atoms with Gasteiger partial charge in [0.15, 0.2) is 11.6 Å². The first-order chi connectivity index (χ1) is 19.2. The van der Waals surface area contributed by atoms with Crippen molar-refractivity contribution in [1.82, 2.24) is 0 Å². The van der Waals surface area contributed by atoms with Crippen molar-refractivity contribution in [2.45, 2.75) is 25.7 Å². The van der Waals surface area contributed by atoms with E-state index in [9.17, 15) is 30.0 Å². The largest absolute Gasteiger partial charge is 0.508 e. The minimum atomic E-state index is -0.263. The average molecular weight is 539 g/mol. The lowest BCUT2D eigenvalue weighted by Crippen LogP contribution is -2.25. The molecule has 2 atom stereocenters. The summed E-state index contributed by atoms with van der Waals surface area (Å²) in [5.41, 5.74) is 3.50. The van der Waals surface area contributed by atoms with E-state index in [-0.39, 0.29) is 57.5 Å². The Hall–Kier alpha value is -4.98. The van der Waals surface area contributed by atoms with E-state index >= 15 is 0 Å². The molecule has 0 heterocycles. The highest BCUT2D eigenvalue weighted by Crippen LogP contribution is 2.38. The number of carbonyl (C=O) groups is 2. The van der Waals surface area contributed by atoms with E-state index in [1.165, 1.54) is 24.3 Å². The molecule has 5 rings (SSSR count). The van der Waals surface area contributed by atoms with Crippen molar-refractivity contribution in [3.05, 3.63) is 106 Å². The number of aromatic hydroxyl groups is 4. The van der Waals surface area contributed by atoms with Gasteiger partial charge in [-0.1, -0.05) is 50.2 Å². The fourth-order valence-corrected chi connectivity index (χ4v) is 5.16. The zero-order chi connectivity index (χ0) is 28.6. The highest BCUT2D eigenvalue weighted by atomic mass is 16.3. The molecule has 0 saturated heterocycles. The van der Waals surface area contributed by atoms with Gasteiger partial charge in [0.1, 0.15) is 23.0 Å². The molecule has 0 amide bonds. The Morgan fingerprint density at radius 2 is 1.00 bits per heavy atom. The Labute approximate surface area is 231 Å². The number of anilines is 2. The molecular weight excluding hydrogens is 508 g/mol. The van der Waals surface area contributed by atoms with Crippen molar-refractivity contribution in [2.75, 3.05) is 23.7 Å². The van der Waals surface area contributed by atoms with E-state index in [0.717, 1.165) is 0 Å². The quantitative estimate of drug-likeness (QED) is 0.148. The van der Waals surface area contributed by atoms with Crippen molar-refractivity contribution < 1.29 is 30.0 Å². The second-order valence-corrected chi connectivity index (χ2v) is 10.2. The predicted octanol–water partition coefficient (Wildman–Crippen LogP) is 5.72. The molecule has 0 fully saturated rings. The van der Waals surface area contributed by atoms with Crippen molar-refractivity contribution in [2.24, 2.45) is 0 Å². The zero-order valence-corrected chi connectivity index (χ0v) is 22.1. The Kier molecular flexibility index (Phi) is 7.09. The average Bonchev–Trinajstić information content (AvgIpc) is 2.93. The summed E-state index contributed by atoms with van der Waals surface area (Å²) in [5.74, 6) is -0.979. The summed E-state index contributed by atoms with van der Waals surface area (Å²) in [6.45, 7) is 4.53. The molecule has 0 bridgehead atoms. The number of hydrogen-bond acceptors (Lipinski definition) is 8. The number of phenols is 4. The van der Waals surface area contributed by atoms with Crippen LogP contribution in [0, 0.1) is 0 Å². The molecule has 4 aromatic carbocycles. The van der Waals surface area contributed by atoms with Crippen LogP contribution < -0.4 is 10.6 Å². The highest BCUT2D eigenvalue weighted by Gasteiger charge is 2.34. The maximum atomic E-state index is 13.7. The van der Waals surface area contributed by atoms with Crippen LogP contribution >= 0.6 is 0 Å². The molecule has 6 N–H and O–H groups in total. The normalized spacial score (nSPS) is 13.8. The molecule has 2 unspecified atom stereocenters. The van der Waals surface area contributed by atoms with Gasteiger partial charge in [-0.3, -0.25) is 9.59 Å². The van der Waals surface area contributed by atoms with Crippen molar-refractivity contribution >= 4 is 22.9 Å². The van der Waals surface area contributed by atoms with E-state index in [1.807, 2.05) is 13.8 Å². The molecule has 0 aliphatic heterocycles. The number of benzene rings is 4. The summed E-state index contributed by atoms with van der Waals surface area (Å²) in [6, 6.07) is 19.1. The first-order valence-electron chi connectivity index (χ1n) is 13.0. The third-order valence-electron chi connectivity index (χ3n) is 7.36. The van der Waals surface area contributed by atoms with Crippen LogP contribution in [0.25, 0.3) is 0 Å². The van der Waals surface area contributed by atoms with Gasteiger partial charge in [0.2, 0.25) is 0 Å². The third kappa shape index (κ3) is 4.91. The number of fused-ring (bicyclic) bond motifs is 2. The SMILES string of the molecule is CC(CNc1ccc(NCC(C)c2ccc(O)cc2O)c2c1C(=O)c1ccccc1C2=O)c1ccc(O)cc1O.